The highest BCUT2D eigenvalue weighted by molar-refractivity contribution is 5.61. The summed E-state index contributed by atoms with van der Waals surface area (Å²) in [4.78, 5) is 15.8. The lowest BCUT2D eigenvalue weighted by Crippen LogP contribution is -2.28. The molecule has 1 fully saturated rings. The van der Waals surface area contributed by atoms with Crippen LogP contribution in [0.1, 0.15) is 38.0 Å². The lowest BCUT2D eigenvalue weighted by Gasteiger charge is -2.15. The number of aliphatic hydroxyl groups excluding tert-OH is 3. The zero-order valence-corrected chi connectivity index (χ0v) is 13.1. The molecule has 0 radical (unpaired) electrons. The topological polar surface area (TPSA) is 131 Å². The molecule has 8 nitrogen and oxygen atoms in total. The number of anilines is 1. The predicted molar refractivity (Wildman–Crippen MR) is 84.5 cm³/mol. The summed E-state index contributed by atoms with van der Waals surface area (Å²) in [5, 5.41) is 27.8. The minimum atomic E-state index is -0.834. The Morgan fingerprint density at radius 3 is 2.91 bits per heavy atom. The van der Waals surface area contributed by atoms with E-state index >= 15 is 0 Å². The molecule has 1 aromatic rings. The van der Waals surface area contributed by atoms with E-state index in [0.29, 0.717) is 18.4 Å². The molecule has 1 unspecified atom stereocenters. The lowest BCUT2D eigenvalue weighted by atomic mass is 10.1. The molecule has 0 bridgehead atoms. The maximum absolute atomic E-state index is 12.0. The molecule has 8 heteroatoms. The summed E-state index contributed by atoms with van der Waals surface area (Å²) in [7, 11) is 0. The van der Waals surface area contributed by atoms with Gasteiger partial charge in [-0.25, -0.2) is 4.79 Å². The quantitative estimate of drug-likeness (QED) is 0.562. The van der Waals surface area contributed by atoms with Crippen molar-refractivity contribution in [2.45, 2.75) is 44.6 Å². The summed E-state index contributed by atoms with van der Waals surface area (Å²) >= 11 is 0. The van der Waals surface area contributed by atoms with Gasteiger partial charge in [0.15, 0.2) is 0 Å². The van der Waals surface area contributed by atoms with Crippen LogP contribution >= 0.6 is 0 Å². The zero-order valence-electron chi connectivity index (χ0n) is 13.1. The Bertz CT molecular complexity index is 628. The minimum Gasteiger partial charge on any atom is -0.396 e. The maximum atomic E-state index is 12.0. The fourth-order valence-electron chi connectivity index (χ4n) is 2.56. The van der Waals surface area contributed by atoms with E-state index in [1.165, 1.54) is 4.57 Å². The van der Waals surface area contributed by atoms with Crippen LogP contribution in [0.3, 0.4) is 0 Å². The Kier molecular flexibility index (Phi) is 5.89. The van der Waals surface area contributed by atoms with Crippen molar-refractivity contribution >= 4 is 11.9 Å². The number of rotatable bonds is 6. The fraction of sp³-hybridized carbons (Fsp3) is 0.600. The summed E-state index contributed by atoms with van der Waals surface area (Å²) in [6, 6.07) is 0. The standard InChI is InChI=1S/C15H23N3O5/c1-9(3-2-4-19)5-10-7-18(15(22)17-14(10)16)13-6-11(21)12(8-20)23-13/h5,7,11-13,19-21H,2-4,6,8H2,1H3,(H2,16,17,22)/t11?,12-,13-/m1/s1. The first kappa shape index (κ1) is 17.6. The van der Waals surface area contributed by atoms with E-state index in [4.69, 9.17) is 20.7 Å². The van der Waals surface area contributed by atoms with Crippen LogP contribution in [-0.2, 0) is 4.74 Å². The van der Waals surface area contributed by atoms with Crippen LogP contribution in [0.25, 0.3) is 6.08 Å². The molecule has 0 aliphatic carbocycles. The Balaban J connectivity index is 2.28. The molecule has 5 N–H and O–H groups in total. The van der Waals surface area contributed by atoms with Gasteiger partial charge in [0.2, 0.25) is 0 Å². The zero-order chi connectivity index (χ0) is 17.0. The summed E-state index contributed by atoms with van der Waals surface area (Å²) in [6.07, 6.45) is 2.67. The van der Waals surface area contributed by atoms with Gasteiger partial charge < -0.3 is 25.8 Å². The molecule has 1 aromatic heterocycles. The van der Waals surface area contributed by atoms with Gasteiger partial charge in [0, 0.05) is 24.8 Å². The smallest absolute Gasteiger partial charge is 0.351 e. The molecule has 3 atom stereocenters. The lowest BCUT2D eigenvalue weighted by molar-refractivity contribution is -0.0458. The van der Waals surface area contributed by atoms with E-state index in [9.17, 15) is 9.90 Å². The van der Waals surface area contributed by atoms with Crippen LogP contribution in [0.15, 0.2) is 16.6 Å². The molecule has 1 saturated heterocycles. The third-order valence-corrected chi connectivity index (χ3v) is 3.84. The van der Waals surface area contributed by atoms with Crippen LogP contribution in [0, 0.1) is 0 Å². The number of nitrogens with zero attached hydrogens (tertiary/aromatic N) is 2. The highest BCUT2D eigenvalue weighted by atomic mass is 16.5. The van der Waals surface area contributed by atoms with Crippen molar-refractivity contribution in [3.63, 3.8) is 0 Å². The monoisotopic (exact) mass is 325 g/mol. The Morgan fingerprint density at radius 2 is 2.30 bits per heavy atom. The van der Waals surface area contributed by atoms with Crippen molar-refractivity contribution < 1.29 is 20.1 Å². The average molecular weight is 325 g/mol. The molecule has 0 amide bonds. The second-order valence-corrected chi connectivity index (χ2v) is 5.70. The normalized spacial score (nSPS) is 25.0. The van der Waals surface area contributed by atoms with E-state index in [1.807, 2.05) is 13.0 Å². The predicted octanol–water partition coefficient (Wildman–Crippen LogP) is -0.358. The SMILES string of the molecule is CC(=Cc1cn([C@H]2CC(O)[C@@H](CO)O2)c(=O)nc1N)CCCO. The largest absolute Gasteiger partial charge is 0.396 e. The summed E-state index contributed by atoms with van der Waals surface area (Å²) in [5.41, 5.74) is 6.80. The molecule has 2 heterocycles. The number of aromatic nitrogens is 2. The van der Waals surface area contributed by atoms with Gasteiger partial charge in [0.25, 0.3) is 0 Å². The van der Waals surface area contributed by atoms with E-state index in [-0.39, 0.29) is 25.5 Å². The number of ether oxygens (including phenoxy) is 1. The number of hydrogen-bond acceptors (Lipinski definition) is 7. The first-order valence-corrected chi connectivity index (χ1v) is 7.57. The molecule has 0 spiro atoms. The molecule has 23 heavy (non-hydrogen) atoms. The van der Waals surface area contributed by atoms with E-state index < -0.39 is 24.1 Å². The Morgan fingerprint density at radius 1 is 1.57 bits per heavy atom. The number of hydrogen-bond donors (Lipinski definition) is 4. The van der Waals surface area contributed by atoms with Gasteiger partial charge in [-0.05, 0) is 19.8 Å². The first-order chi connectivity index (χ1) is 11.0. The number of nitrogen functional groups attached to an aromatic ring is 1. The van der Waals surface area contributed by atoms with Gasteiger partial charge >= 0.3 is 5.69 Å². The van der Waals surface area contributed by atoms with E-state index in [2.05, 4.69) is 4.98 Å². The van der Waals surface area contributed by atoms with Crippen molar-refractivity contribution in [3.05, 3.63) is 27.8 Å². The molecule has 1 aliphatic heterocycles. The van der Waals surface area contributed by atoms with Crippen LogP contribution < -0.4 is 11.4 Å². The minimum absolute atomic E-state index is 0.106. The van der Waals surface area contributed by atoms with Gasteiger partial charge in [-0.1, -0.05) is 11.6 Å². The van der Waals surface area contributed by atoms with Crippen molar-refractivity contribution in [3.8, 4) is 0 Å². The van der Waals surface area contributed by atoms with Crippen LogP contribution in [0.2, 0.25) is 0 Å². The van der Waals surface area contributed by atoms with Gasteiger partial charge in [-0.3, -0.25) is 4.57 Å². The molecular formula is C15H23N3O5. The molecule has 2 rings (SSSR count). The van der Waals surface area contributed by atoms with Gasteiger partial charge in [-0.15, -0.1) is 0 Å². The highest BCUT2D eigenvalue weighted by Crippen LogP contribution is 2.28. The van der Waals surface area contributed by atoms with Gasteiger partial charge in [0.1, 0.15) is 18.1 Å². The molecule has 0 saturated carbocycles. The van der Waals surface area contributed by atoms with Crippen molar-refractivity contribution in [1.29, 1.82) is 0 Å². The van der Waals surface area contributed by atoms with Crippen LogP contribution in [0.5, 0.6) is 0 Å². The Labute approximate surface area is 133 Å². The maximum Gasteiger partial charge on any atom is 0.351 e. The summed E-state index contributed by atoms with van der Waals surface area (Å²) < 4.78 is 6.76. The molecule has 128 valence electrons. The van der Waals surface area contributed by atoms with Gasteiger partial charge in [0.05, 0.1) is 12.7 Å². The average Bonchev–Trinajstić information content (AvgIpc) is 2.88. The first-order valence-electron chi connectivity index (χ1n) is 7.57. The highest BCUT2D eigenvalue weighted by Gasteiger charge is 2.35. The Hall–Kier alpha value is -1.74. The van der Waals surface area contributed by atoms with Crippen LogP contribution in [0.4, 0.5) is 5.82 Å². The van der Waals surface area contributed by atoms with Crippen molar-refractivity contribution in [2.75, 3.05) is 18.9 Å². The molecule has 1 aliphatic rings. The number of aliphatic hydroxyl groups is 3. The fourth-order valence-corrected chi connectivity index (χ4v) is 2.56. The summed E-state index contributed by atoms with van der Waals surface area (Å²) in [6.45, 7) is 1.69. The van der Waals surface area contributed by atoms with Crippen LogP contribution in [-0.4, -0.2) is 50.3 Å². The van der Waals surface area contributed by atoms with E-state index in [1.54, 1.807) is 6.20 Å². The number of nitrogens with two attached hydrogens (primary N) is 1. The number of allylic oxidation sites excluding steroid dienone is 1. The third kappa shape index (κ3) is 4.17. The van der Waals surface area contributed by atoms with Crippen molar-refractivity contribution in [1.82, 2.24) is 9.55 Å². The second-order valence-electron chi connectivity index (χ2n) is 5.70. The second kappa shape index (κ2) is 7.69. The van der Waals surface area contributed by atoms with Gasteiger partial charge in [-0.2, -0.15) is 4.98 Å². The summed E-state index contributed by atoms with van der Waals surface area (Å²) in [5.74, 6) is 0.117. The molecule has 0 aromatic carbocycles. The third-order valence-electron chi connectivity index (χ3n) is 3.84. The molecular weight excluding hydrogens is 302 g/mol. The van der Waals surface area contributed by atoms with E-state index in [0.717, 1.165) is 5.57 Å². The van der Waals surface area contributed by atoms with Crippen molar-refractivity contribution in [2.24, 2.45) is 0 Å².